The number of Topliss-reactive ketones (excluding diaryl/α,β-unsaturated/α-hetero) is 1. The number of aromatic nitrogens is 5. The van der Waals surface area contributed by atoms with Crippen LogP contribution in [0.15, 0.2) is 53.3 Å². The highest BCUT2D eigenvalue weighted by molar-refractivity contribution is 7.99. The summed E-state index contributed by atoms with van der Waals surface area (Å²) in [6, 6.07) is 10.0. The number of nitrogens with zero attached hydrogens (tertiary/aromatic N) is 5. The van der Waals surface area contributed by atoms with Crippen LogP contribution in [-0.2, 0) is 13.1 Å². The van der Waals surface area contributed by atoms with Gasteiger partial charge in [-0.05, 0) is 50.4 Å². The predicted octanol–water partition coefficient (Wildman–Crippen LogP) is 4.86. The van der Waals surface area contributed by atoms with Gasteiger partial charge >= 0.3 is 0 Å². The lowest BCUT2D eigenvalue weighted by Gasteiger charge is -2.09. The van der Waals surface area contributed by atoms with Crippen molar-refractivity contribution in [2.24, 2.45) is 0 Å². The average Bonchev–Trinajstić information content (AvgIpc) is 3.48. The quantitative estimate of drug-likeness (QED) is 0.291. The van der Waals surface area contributed by atoms with Gasteiger partial charge in [0.15, 0.2) is 16.8 Å². The van der Waals surface area contributed by atoms with Gasteiger partial charge in [0.25, 0.3) is 0 Å². The van der Waals surface area contributed by atoms with Crippen molar-refractivity contribution in [3.05, 3.63) is 69.9 Å². The number of hydrogen-bond acceptors (Lipinski definition) is 6. The molecule has 0 bridgehead atoms. The molecule has 4 aromatic rings. The zero-order valence-electron chi connectivity index (χ0n) is 17.2. The minimum absolute atomic E-state index is 0.113. The van der Waals surface area contributed by atoms with Gasteiger partial charge in [-0.1, -0.05) is 17.8 Å². The van der Waals surface area contributed by atoms with Crippen LogP contribution in [-0.4, -0.2) is 35.9 Å². The number of ketones is 1. The fourth-order valence-corrected chi connectivity index (χ4v) is 5.07. The Morgan fingerprint density at radius 3 is 2.63 bits per heavy atom. The zero-order valence-corrected chi connectivity index (χ0v) is 18.8. The molecule has 6 nitrogen and oxygen atoms in total. The molecule has 0 saturated heterocycles. The van der Waals surface area contributed by atoms with Gasteiger partial charge in [-0.25, -0.2) is 0 Å². The zero-order chi connectivity index (χ0) is 21.1. The third-order valence-electron chi connectivity index (χ3n) is 5.07. The lowest BCUT2D eigenvalue weighted by atomic mass is 10.2. The van der Waals surface area contributed by atoms with Gasteiger partial charge in [0, 0.05) is 46.3 Å². The Morgan fingerprint density at radius 1 is 1.13 bits per heavy atom. The summed E-state index contributed by atoms with van der Waals surface area (Å²) < 4.78 is 4.24. The summed E-state index contributed by atoms with van der Waals surface area (Å²) in [5.41, 5.74) is 3.87. The summed E-state index contributed by atoms with van der Waals surface area (Å²) in [5, 5.41) is 11.5. The van der Waals surface area contributed by atoms with Crippen molar-refractivity contribution in [2.45, 2.75) is 39.0 Å². The fraction of sp³-hybridized carbons (Fsp3) is 0.273. The van der Waals surface area contributed by atoms with Crippen molar-refractivity contribution < 1.29 is 4.79 Å². The lowest BCUT2D eigenvalue weighted by Crippen LogP contribution is -2.08. The number of thioether (sulfide) groups is 1. The van der Waals surface area contributed by atoms with Crippen LogP contribution in [0, 0.1) is 13.8 Å². The monoisotopic (exact) mass is 437 g/mol. The molecule has 0 amide bonds. The molecule has 0 fully saturated rings. The van der Waals surface area contributed by atoms with Gasteiger partial charge in [0.2, 0.25) is 0 Å². The van der Waals surface area contributed by atoms with Crippen LogP contribution in [0.25, 0.3) is 11.4 Å². The van der Waals surface area contributed by atoms with E-state index in [0.717, 1.165) is 46.6 Å². The van der Waals surface area contributed by atoms with Gasteiger partial charge in [0.1, 0.15) is 0 Å². The highest BCUT2D eigenvalue weighted by Gasteiger charge is 2.19. The smallest absolute Gasteiger partial charge is 0.191 e. The molecule has 154 valence electrons. The Bertz CT molecular complexity index is 1150. The maximum Gasteiger partial charge on any atom is 0.191 e. The third-order valence-corrected chi connectivity index (χ3v) is 6.90. The standard InChI is InChI=1S/C22H23N5OS2/c1-4-26-21(17-7-9-23-10-8-17)24-25-22(26)30-14-20(28)19-12-15(2)27(16(19)3)13-18-6-5-11-29-18/h5-12H,4,13-14H2,1-3H3. The van der Waals surface area contributed by atoms with Gasteiger partial charge in [-0.2, -0.15) is 0 Å². The SMILES string of the molecule is CCn1c(SCC(=O)c2cc(C)n(Cc3cccs3)c2C)nnc1-c1ccncc1. The highest BCUT2D eigenvalue weighted by Crippen LogP contribution is 2.26. The van der Waals surface area contributed by atoms with Gasteiger partial charge in [-0.3, -0.25) is 9.78 Å². The molecular weight excluding hydrogens is 414 g/mol. The van der Waals surface area contributed by atoms with Crippen LogP contribution in [0.4, 0.5) is 0 Å². The van der Waals surface area contributed by atoms with E-state index in [1.54, 1.807) is 23.7 Å². The van der Waals surface area contributed by atoms with Crippen molar-refractivity contribution in [3.63, 3.8) is 0 Å². The van der Waals surface area contributed by atoms with E-state index in [9.17, 15) is 4.79 Å². The van der Waals surface area contributed by atoms with Gasteiger partial charge < -0.3 is 9.13 Å². The molecule has 0 saturated carbocycles. The molecule has 0 unspecified atom stereocenters. The molecule has 4 aromatic heterocycles. The number of thiophene rings is 1. The van der Waals surface area contributed by atoms with E-state index < -0.39 is 0 Å². The van der Waals surface area contributed by atoms with E-state index in [1.807, 2.05) is 29.7 Å². The average molecular weight is 438 g/mol. The number of pyridine rings is 1. The first-order valence-electron chi connectivity index (χ1n) is 9.77. The Kier molecular flexibility index (Phi) is 6.15. The van der Waals surface area contributed by atoms with E-state index >= 15 is 0 Å². The Labute approximate surface area is 184 Å². The summed E-state index contributed by atoms with van der Waals surface area (Å²) in [6.07, 6.45) is 3.48. The second-order valence-electron chi connectivity index (χ2n) is 6.95. The number of carbonyl (C=O) groups excluding carboxylic acids is 1. The first-order valence-corrected chi connectivity index (χ1v) is 11.6. The first-order chi connectivity index (χ1) is 14.6. The summed E-state index contributed by atoms with van der Waals surface area (Å²) >= 11 is 3.17. The van der Waals surface area contributed by atoms with Crippen LogP contribution in [0.2, 0.25) is 0 Å². The summed E-state index contributed by atoms with van der Waals surface area (Å²) in [7, 11) is 0. The molecule has 0 aliphatic carbocycles. The van der Waals surface area contributed by atoms with Crippen molar-refractivity contribution in [1.82, 2.24) is 24.3 Å². The second-order valence-corrected chi connectivity index (χ2v) is 8.92. The Morgan fingerprint density at radius 2 is 1.93 bits per heavy atom. The molecule has 0 aliphatic heterocycles. The maximum atomic E-state index is 13.0. The summed E-state index contributed by atoms with van der Waals surface area (Å²) in [6.45, 7) is 7.66. The molecule has 0 atom stereocenters. The number of hydrogen-bond donors (Lipinski definition) is 0. The van der Waals surface area contributed by atoms with Crippen LogP contribution in [0.5, 0.6) is 0 Å². The third kappa shape index (κ3) is 4.11. The number of carbonyl (C=O) groups is 1. The normalized spacial score (nSPS) is 11.2. The molecule has 0 aromatic carbocycles. The van der Waals surface area contributed by atoms with E-state index in [2.05, 4.69) is 51.1 Å². The molecular formula is C22H23N5OS2. The topological polar surface area (TPSA) is 65.6 Å². The number of rotatable bonds is 8. The van der Waals surface area contributed by atoms with Crippen LogP contribution >= 0.6 is 23.1 Å². The minimum Gasteiger partial charge on any atom is -0.343 e. The van der Waals surface area contributed by atoms with Crippen LogP contribution in [0.1, 0.15) is 33.5 Å². The van der Waals surface area contributed by atoms with Gasteiger partial charge in [-0.15, -0.1) is 21.5 Å². The lowest BCUT2D eigenvalue weighted by molar-refractivity contribution is 0.102. The minimum atomic E-state index is 0.113. The highest BCUT2D eigenvalue weighted by atomic mass is 32.2. The van der Waals surface area contributed by atoms with E-state index in [0.29, 0.717) is 5.75 Å². The van der Waals surface area contributed by atoms with Crippen LogP contribution < -0.4 is 0 Å². The van der Waals surface area contributed by atoms with Gasteiger partial charge in [0.05, 0.1) is 12.3 Å². The molecule has 4 heterocycles. The summed E-state index contributed by atoms with van der Waals surface area (Å²) in [4.78, 5) is 18.3. The first kappa shape index (κ1) is 20.6. The molecule has 8 heteroatoms. The fourth-order valence-electron chi connectivity index (χ4n) is 3.49. The van der Waals surface area contributed by atoms with Crippen molar-refractivity contribution >= 4 is 28.9 Å². The molecule has 30 heavy (non-hydrogen) atoms. The predicted molar refractivity (Wildman–Crippen MR) is 121 cm³/mol. The van der Waals surface area contributed by atoms with E-state index in [1.165, 1.54) is 16.6 Å². The molecule has 0 N–H and O–H groups in total. The van der Waals surface area contributed by atoms with Crippen LogP contribution in [0.3, 0.4) is 0 Å². The maximum absolute atomic E-state index is 13.0. The molecule has 0 aliphatic rings. The van der Waals surface area contributed by atoms with E-state index in [4.69, 9.17) is 0 Å². The van der Waals surface area contributed by atoms with Crippen molar-refractivity contribution in [3.8, 4) is 11.4 Å². The molecule has 4 rings (SSSR count). The largest absolute Gasteiger partial charge is 0.343 e. The number of aryl methyl sites for hydroxylation is 1. The van der Waals surface area contributed by atoms with E-state index in [-0.39, 0.29) is 5.78 Å². The second kappa shape index (κ2) is 8.97. The van der Waals surface area contributed by atoms with Crippen molar-refractivity contribution in [2.75, 3.05) is 5.75 Å². The Hall–Kier alpha value is -2.71. The Balaban J connectivity index is 1.50. The van der Waals surface area contributed by atoms with Crippen molar-refractivity contribution in [1.29, 1.82) is 0 Å². The molecule has 0 spiro atoms. The molecule has 0 radical (unpaired) electrons. The summed E-state index contributed by atoms with van der Waals surface area (Å²) in [5.74, 6) is 1.24.